The number of hydrogen-bond acceptors (Lipinski definition) is 5. The summed E-state index contributed by atoms with van der Waals surface area (Å²) in [5, 5.41) is 7.09. The van der Waals surface area contributed by atoms with E-state index in [-0.39, 0.29) is 23.9 Å². The number of carbonyl (C=O) groups excluding carboxylic acids is 1. The van der Waals surface area contributed by atoms with Crippen molar-refractivity contribution < 1.29 is 14.3 Å². The molecular formula is C23H23N3O4. The van der Waals surface area contributed by atoms with Gasteiger partial charge in [0.2, 0.25) is 0 Å². The minimum atomic E-state index is -0.427. The van der Waals surface area contributed by atoms with E-state index in [0.717, 1.165) is 23.3 Å². The number of rotatable bonds is 6. The molecule has 0 fully saturated rings. The molecule has 1 aliphatic rings. The number of amides is 1. The van der Waals surface area contributed by atoms with E-state index in [2.05, 4.69) is 10.4 Å². The molecule has 2 heterocycles. The predicted molar refractivity (Wildman–Crippen MR) is 113 cm³/mol. The number of fused-ring (bicyclic) bond motifs is 1. The van der Waals surface area contributed by atoms with E-state index in [0.29, 0.717) is 18.0 Å². The van der Waals surface area contributed by atoms with E-state index < -0.39 is 5.91 Å². The molecule has 0 saturated carbocycles. The van der Waals surface area contributed by atoms with Gasteiger partial charge in [-0.2, -0.15) is 5.10 Å². The Bertz CT molecular complexity index is 1130. The van der Waals surface area contributed by atoms with Gasteiger partial charge in [-0.05, 0) is 31.5 Å². The summed E-state index contributed by atoms with van der Waals surface area (Å²) >= 11 is 0. The molecule has 0 aliphatic carbocycles. The zero-order valence-electron chi connectivity index (χ0n) is 16.9. The lowest BCUT2D eigenvalue weighted by molar-refractivity contribution is 0.101. The second-order valence-electron chi connectivity index (χ2n) is 7.18. The van der Waals surface area contributed by atoms with Crippen molar-refractivity contribution in [2.75, 3.05) is 11.9 Å². The quantitative estimate of drug-likeness (QED) is 0.681. The van der Waals surface area contributed by atoms with Crippen LogP contribution in [0.25, 0.3) is 0 Å². The first-order chi connectivity index (χ1) is 14.5. The van der Waals surface area contributed by atoms with Gasteiger partial charge in [-0.15, -0.1) is 0 Å². The van der Waals surface area contributed by atoms with Crippen LogP contribution in [0.1, 0.15) is 35.5 Å². The molecule has 1 atom stereocenters. The molecule has 0 bridgehead atoms. The van der Waals surface area contributed by atoms with Gasteiger partial charge < -0.3 is 14.8 Å². The van der Waals surface area contributed by atoms with Crippen LogP contribution in [0.15, 0.2) is 59.4 Å². The summed E-state index contributed by atoms with van der Waals surface area (Å²) < 4.78 is 12.8. The highest BCUT2D eigenvalue weighted by molar-refractivity contribution is 6.03. The lowest BCUT2D eigenvalue weighted by atomic mass is 10.1. The summed E-state index contributed by atoms with van der Waals surface area (Å²) in [5.74, 6) is 0.895. The van der Waals surface area contributed by atoms with E-state index >= 15 is 0 Å². The van der Waals surface area contributed by atoms with Crippen LogP contribution in [0.3, 0.4) is 0 Å². The number of nitrogens with one attached hydrogen (secondary N) is 1. The van der Waals surface area contributed by atoms with Gasteiger partial charge in [-0.25, -0.2) is 4.68 Å². The fourth-order valence-corrected chi connectivity index (χ4v) is 3.44. The molecule has 1 aliphatic heterocycles. The van der Waals surface area contributed by atoms with E-state index in [1.54, 1.807) is 6.07 Å². The van der Waals surface area contributed by atoms with E-state index in [1.807, 2.05) is 50.2 Å². The standard InChI is InChI=1S/C23H23N3O4/c1-3-29-21-12-17-11-15(2)30-20(17)13-19(21)24-23(28)18-9-10-22(27)26(25-18)14-16-7-5-4-6-8-16/h4-10,12-13,15H,3,11,14H2,1-2H3,(H,24,28). The van der Waals surface area contributed by atoms with Crippen LogP contribution in [-0.2, 0) is 13.0 Å². The van der Waals surface area contributed by atoms with Gasteiger partial charge in [-0.1, -0.05) is 30.3 Å². The van der Waals surface area contributed by atoms with Crippen LogP contribution in [0, 0.1) is 0 Å². The predicted octanol–water partition coefficient (Wildman–Crippen LogP) is 3.27. The van der Waals surface area contributed by atoms with Gasteiger partial charge >= 0.3 is 0 Å². The Balaban J connectivity index is 1.59. The normalized spacial score (nSPS) is 14.7. The molecule has 1 unspecified atom stereocenters. The monoisotopic (exact) mass is 405 g/mol. The molecule has 0 saturated heterocycles. The molecule has 4 rings (SSSR count). The molecule has 2 aromatic carbocycles. The Labute approximate surface area is 174 Å². The number of anilines is 1. The highest BCUT2D eigenvalue weighted by Crippen LogP contribution is 2.38. The van der Waals surface area contributed by atoms with Crippen LogP contribution < -0.4 is 20.3 Å². The molecule has 7 heteroatoms. The summed E-state index contributed by atoms with van der Waals surface area (Å²) in [7, 11) is 0. The van der Waals surface area contributed by atoms with Crippen molar-refractivity contribution in [2.45, 2.75) is 32.9 Å². The second kappa shape index (κ2) is 8.41. The van der Waals surface area contributed by atoms with Gasteiger partial charge in [0.25, 0.3) is 11.5 Å². The average Bonchev–Trinajstić information content (AvgIpc) is 3.09. The number of ether oxygens (including phenoxy) is 2. The van der Waals surface area contributed by atoms with Gasteiger partial charge in [0.15, 0.2) is 0 Å². The van der Waals surface area contributed by atoms with Gasteiger partial charge in [0, 0.05) is 24.1 Å². The summed E-state index contributed by atoms with van der Waals surface area (Å²) in [5.41, 5.74) is 2.36. The van der Waals surface area contributed by atoms with E-state index in [1.165, 1.54) is 16.8 Å². The summed E-state index contributed by atoms with van der Waals surface area (Å²) in [6.07, 6.45) is 0.888. The molecule has 1 aromatic heterocycles. The van der Waals surface area contributed by atoms with Crippen LogP contribution in [-0.4, -0.2) is 28.4 Å². The Hall–Kier alpha value is -3.61. The fraction of sp³-hybridized carbons (Fsp3) is 0.261. The molecule has 0 radical (unpaired) electrons. The number of hydrogen-bond donors (Lipinski definition) is 1. The molecule has 3 aromatic rings. The van der Waals surface area contributed by atoms with Crippen molar-refractivity contribution in [3.05, 3.63) is 81.8 Å². The molecule has 154 valence electrons. The van der Waals surface area contributed by atoms with Crippen molar-refractivity contribution in [1.82, 2.24) is 9.78 Å². The Morgan fingerprint density at radius 1 is 1.23 bits per heavy atom. The first kappa shape index (κ1) is 19.7. The van der Waals surface area contributed by atoms with Crippen molar-refractivity contribution in [1.29, 1.82) is 0 Å². The second-order valence-corrected chi connectivity index (χ2v) is 7.18. The summed E-state index contributed by atoms with van der Waals surface area (Å²) in [6, 6.07) is 15.9. The average molecular weight is 405 g/mol. The Morgan fingerprint density at radius 3 is 2.80 bits per heavy atom. The minimum Gasteiger partial charge on any atom is -0.492 e. The third-order valence-electron chi connectivity index (χ3n) is 4.82. The van der Waals surface area contributed by atoms with Crippen LogP contribution in [0.5, 0.6) is 11.5 Å². The number of benzene rings is 2. The van der Waals surface area contributed by atoms with Gasteiger partial charge in [0.1, 0.15) is 23.3 Å². The lowest BCUT2D eigenvalue weighted by Gasteiger charge is -2.14. The fourth-order valence-electron chi connectivity index (χ4n) is 3.44. The van der Waals surface area contributed by atoms with E-state index in [9.17, 15) is 9.59 Å². The topological polar surface area (TPSA) is 82.5 Å². The van der Waals surface area contributed by atoms with Crippen molar-refractivity contribution >= 4 is 11.6 Å². The molecule has 1 N–H and O–H groups in total. The largest absolute Gasteiger partial charge is 0.492 e. The van der Waals surface area contributed by atoms with Gasteiger partial charge in [0.05, 0.1) is 18.8 Å². The lowest BCUT2D eigenvalue weighted by Crippen LogP contribution is -2.26. The molecule has 1 amide bonds. The maximum atomic E-state index is 12.9. The summed E-state index contributed by atoms with van der Waals surface area (Å²) in [4.78, 5) is 25.1. The van der Waals surface area contributed by atoms with Crippen LogP contribution in [0.4, 0.5) is 5.69 Å². The molecule has 0 spiro atoms. The highest BCUT2D eigenvalue weighted by atomic mass is 16.5. The van der Waals surface area contributed by atoms with E-state index in [4.69, 9.17) is 9.47 Å². The molecule has 7 nitrogen and oxygen atoms in total. The maximum absolute atomic E-state index is 12.9. The van der Waals surface area contributed by atoms with Crippen LogP contribution in [0.2, 0.25) is 0 Å². The maximum Gasteiger partial charge on any atom is 0.276 e. The Morgan fingerprint density at radius 2 is 2.03 bits per heavy atom. The van der Waals surface area contributed by atoms with Crippen molar-refractivity contribution in [2.24, 2.45) is 0 Å². The van der Waals surface area contributed by atoms with Crippen molar-refractivity contribution in [3.63, 3.8) is 0 Å². The molecule has 30 heavy (non-hydrogen) atoms. The zero-order chi connectivity index (χ0) is 21.1. The first-order valence-corrected chi connectivity index (χ1v) is 9.93. The Kier molecular flexibility index (Phi) is 5.52. The zero-order valence-corrected chi connectivity index (χ0v) is 16.9. The third-order valence-corrected chi connectivity index (χ3v) is 4.82. The number of aromatic nitrogens is 2. The first-order valence-electron chi connectivity index (χ1n) is 9.93. The van der Waals surface area contributed by atoms with Crippen LogP contribution >= 0.6 is 0 Å². The van der Waals surface area contributed by atoms with Crippen molar-refractivity contribution in [3.8, 4) is 11.5 Å². The smallest absolute Gasteiger partial charge is 0.276 e. The number of nitrogens with zero attached hydrogens (tertiary/aromatic N) is 2. The van der Waals surface area contributed by atoms with Gasteiger partial charge in [-0.3, -0.25) is 9.59 Å². The number of carbonyl (C=O) groups is 1. The SMILES string of the molecule is CCOc1cc2c(cc1NC(=O)c1ccc(=O)n(Cc3ccccc3)n1)OC(C)C2. The highest BCUT2D eigenvalue weighted by Gasteiger charge is 2.23. The third kappa shape index (κ3) is 4.20. The summed E-state index contributed by atoms with van der Waals surface area (Å²) in [6.45, 7) is 4.64. The molecular weight excluding hydrogens is 382 g/mol. The minimum absolute atomic E-state index is 0.0867.